The highest BCUT2D eigenvalue weighted by Gasteiger charge is 2.49. The molecule has 2 aromatic carbocycles. The lowest BCUT2D eigenvalue weighted by molar-refractivity contribution is 0.0122. The molecule has 3 rings (SSSR count). The first-order valence-electron chi connectivity index (χ1n) is 12.0. The molecule has 0 spiro atoms. The molecule has 0 aromatic heterocycles. The summed E-state index contributed by atoms with van der Waals surface area (Å²) in [4.78, 5) is 0.310. The van der Waals surface area contributed by atoms with Crippen LogP contribution in [-0.2, 0) is 9.84 Å². The number of unbranched alkanes of at least 4 members (excludes halogenated alkanes) is 4. The predicted octanol–water partition coefficient (Wildman–Crippen LogP) is 6.56. The van der Waals surface area contributed by atoms with Crippen LogP contribution in [0.15, 0.2) is 47.4 Å². The van der Waals surface area contributed by atoms with E-state index in [9.17, 15) is 17.9 Å². The third kappa shape index (κ3) is 5.26. The van der Waals surface area contributed by atoms with Crippen molar-refractivity contribution in [2.24, 2.45) is 5.41 Å². The number of aryl methyl sites for hydroxylation is 1. The van der Waals surface area contributed by atoms with Crippen molar-refractivity contribution in [1.29, 1.82) is 0 Å². The number of benzene rings is 2. The molecule has 0 saturated heterocycles. The SMILES string of the molecule is CCCCCC1(CCCCC)CS(=O)(=O)c2ccc(C)cc2[C@@H](c2ccc(F)cc2)[C@H]1O. The Bertz CT molecular complexity index is 988. The quantitative estimate of drug-likeness (QED) is 0.431. The van der Waals surface area contributed by atoms with Crippen LogP contribution in [0.3, 0.4) is 0 Å². The monoisotopic (exact) mass is 460 g/mol. The van der Waals surface area contributed by atoms with Crippen LogP contribution in [0.4, 0.5) is 4.39 Å². The van der Waals surface area contributed by atoms with E-state index >= 15 is 0 Å². The van der Waals surface area contributed by atoms with Crippen molar-refractivity contribution in [1.82, 2.24) is 0 Å². The van der Waals surface area contributed by atoms with E-state index in [0.717, 1.165) is 49.7 Å². The number of aliphatic hydroxyl groups is 1. The summed E-state index contributed by atoms with van der Waals surface area (Å²) in [6, 6.07) is 11.6. The largest absolute Gasteiger partial charge is 0.392 e. The molecule has 0 bridgehead atoms. The van der Waals surface area contributed by atoms with Crippen LogP contribution in [0.25, 0.3) is 0 Å². The Hall–Kier alpha value is -1.72. The first-order chi connectivity index (χ1) is 15.2. The van der Waals surface area contributed by atoms with Crippen LogP contribution in [0.5, 0.6) is 0 Å². The Morgan fingerprint density at radius 3 is 2.12 bits per heavy atom. The molecule has 0 unspecified atom stereocenters. The highest BCUT2D eigenvalue weighted by Crippen LogP contribution is 2.49. The molecule has 1 aliphatic heterocycles. The second kappa shape index (κ2) is 10.5. The number of halogens is 1. The number of aliphatic hydroxyl groups excluding tert-OH is 1. The molecule has 2 atom stereocenters. The Morgan fingerprint density at radius 1 is 0.969 bits per heavy atom. The van der Waals surface area contributed by atoms with Gasteiger partial charge in [-0.2, -0.15) is 0 Å². The Morgan fingerprint density at radius 2 is 1.56 bits per heavy atom. The molecule has 1 N–H and O–H groups in total. The summed E-state index contributed by atoms with van der Waals surface area (Å²) in [6.07, 6.45) is 6.36. The molecule has 0 aliphatic carbocycles. The molecule has 0 saturated carbocycles. The maximum absolute atomic E-state index is 13.7. The molecule has 176 valence electrons. The van der Waals surface area contributed by atoms with Crippen molar-refractivity contribution < 1.29 is 17.9 Å². The molecule has 32 heavy (non-hydrogen) atoms. The van der Waals surface area contributed by atoms with E-state index in [4.69, 9.17) is 0 Å². The maximum atomic E-state index is 13.7. The Labute approximate surface area is 193 Å². The van der Waals surface area contributed by atoms with Crippen molar-refractivity contribution >= 4 is 9.84 Å². The zero-order valence-corrected chi connectivity index (χ0v) is 20.4. The second-order valence-corrected chi connectivity index (χ2v) is 11.5. The van der Waals surface area contributed by atoms with Gasteiger partial charge in [0.1, 0.15) is 5.82 Å². The summed E-state index contributed by atoms with van der Waals surface area (Å²) >= 11 is 0. The molecule has 0 fully saturated rings. The fourth-order valence-electron chi connectivity index (χ4n) is 5.31. The Balaban J connectivity index is 2.21. The summed E-state index contributed by atoms with van der Waals surface area (Å²) < 4.78 is 41.1. The predicted molar refractivity (Wildman–Crippen MR) is 128 cm³/mol. The van der Waals surface area contributed by atoms with E-state index in [1.54, 1.807) is 18.2 Å². The van der Waals surface area contributed by atoms with E-state index in [2.05, 4.69) is 13.8 Å². The number of rotatable bonds is 9. The maximum Gasteiger partial charge on any atom is 0.179 e. The van der Waals surface area contributed by atoms with Crippen LogP contribution in [-0.4, -0.2) is 25.4 Å². The normalized spacial score (nSPS) is 21.7. The van der Waals surface area contributed by atoms with Crippen molar-refractivity contribution in [3.05, 3.63) is 65.0 Å². The topological polar surface area (TPSA) is 54.4 Å². The molecule has 1 aliphatic rings. The smallest absolute Gasteiger partial charge is 0.179 e. The number of hydrogen-bond acceptors (Lipinski definition) is 3. The van der Waals surface area contributed by atoms with Crippen LogP contribution in [0, 0.1) is 18.2 Å². The minimum Gasteiger partial charge on any atom is -0.392 e. The van der Waals surface area contributed by atoms with Crippen LogP contribution >= 0.6 is 0 Å². The van der Waals surface area contributed by atoms with Gasteiger partial charge in [-0.15, -0.1) is 0 Å². The average molecular weight is 461 g/mol. The number of sulfone groups is 1. The van der Waals surface area contributed by atoms with Gasteiger partial charge >= 0.3 is 0 Å². The van der Waals surface area contributed by atoms with Gasteiger partial charge < -0.3 is 5.11 Å². The molecular weight excluding hydrogens is 423 g/mol. The molecule has 0 amide bonds. The molecule has 2 aromatic rings. The third-order valence-electron chi connectivity index (χ3n) is 7.04. The van der Waals surface area contributed by atoms with Crippen LogP contribution in [0.2, 0.25) is 0 Å². The van der Waals surface area contributed by atoms with Gasteiger partial charge in [-0.3, -0.25) is 0 Å². The van der Waals surface area contributed by atoms with Crippen LogP contribution < -0.4 is 0 Å². The van der Waals surface area contributed by atoms with Gasteiger partial charge in [0.2, 0.25) is 0 Å². The average Bonchev–Trinajstić information content (AvgIpc) is 2.81. The highest BCUT2D eigenvalue weighted by atomic mass is 32.2. The van der Waals surface area contributed by atoms with Gasteiger partial charge in [-0.05, 0) is 49.1 Å². The minimum absolute atomic E-state index is 0.0393. The fraction of sp³-hybridized carbons (Fsp3) is 0.556. The molecule has 3 nitrogen and oxygen atoms in total. The van der Waals surface area contributed by atoms with Gasteiger partial charge in [-0.1, -0.05) is 82.2 Å². The van der Waals surface area contributed by atoms with E-state index in [0.29, 0.717) is 23.3 Å². The zero-order valence-electron chi connectivity index (χ0n) is 19.6. The summed E-state index contributed by atoms with van der Waals surface area (Å²) in [5.41, 5.74) is 1.62. The van der Waals surface area contributed by atoms with Crippen molar-refractivity contribution in [2.75, 3.05) is 5.75 Å². The van der Waals surface area contributed by atoms with Gasteiger partial charge in [0.05, 0.1) is 16.8 Å². The second-order valence-electron chi connectivity index (χ2n) is 9.55. The summed E-state index contributed by atoms with van der Waals surface area (Å²) in [7, 11) is -3.59. The van der Waals surface area contributed by atoms with Gasteiger partial charge in [0.15, 0.2) is 9.84 Å². The minimum atomic E-state index is -3.59. The van der Waals surface area contributed by atoms with Gasteiger partial charge in [0.25, 0.3) is 0 Å². The van der Waals surface area contributed by atoms with Crippen molar-refractivity contribution in [3.63, 3.8) is 0 Å². The van der Waals surface area contributed by atoms with Gasteiger partial charge in [0, 0.05) is 11.3 Å². The van der Waals surface area contributed by atoms with Crippen molar-refractivity contribution in [2.45, 2.75) is 89.1 Å². The third-order valence-corrected chi connectivity index (χ3v) is 9.04. The van der Waals surface area contributed by atoms with E-state index in [1.165, 1.54) is 12.1 Å². The number of hydrogen-bond donors (Lipinski definition) is 1. The number of fused-ring (bicyclic) bond motifs is 1. The lowest BCUT2D eigenvalue weighted by Gasteiger charge is -2.40. The molecular formula is C27H37FO3S. The van der Waals surface area contributed by atoms with Crippen molar-refractivity contribution in [3.8, 4) is 0 Å². The van der Waals surface area contributed by atoms with Crippen LogP contribution in [0.1, 0.15) is 87.8 Å². The lowest BCUT2D eigenvalue weighted by atomic mass is 9.68. The Kier molecular flexibility index (Phi) is 8.16. The standard InChI is InChI=1S/C27H37FO3S/c1-4-6-8-16-27(17-9-7-5-2)19-32(30,31)24-15-10-20(3)18-23(24)25(26(27)29)21-11-13-22(28)14-12-21/h10-15,18,25-26,29H,4-9,16-17,19H2,1-3H3/t25-,26-/m1/s1. The molecule has 1 heterocycles. The first kappa shape index (κ1) is 24.9. The highest BCUT2D eigenvalue weighted by molar-refractivity contribution is 7.91. The van der Waals surface area contributed by atoms with E-state index in [-0.39, 0.29) is 11.6 Å². The van der Waals surface area contributed by atoms with E-state index in [1.807, 2.05) is 19.1 Å². The van der Waals surface area contributed by atoms with Gasteiger partial charge in [-0.25, -0.2) is 12.8 Å². The molecule has 0 radical (unpaired) electrons. The summed E-state index contributed by atoms with van der Waals surface area (Å²) in [6.45, 7) is 6.19. The zero-order chi connectivity index (χ0) is 23.4. The van der Waals surface area contributed by atoms with E-state index < -0.39 is 27.3 Å². The summed E-state index contributed by atoms with van der Waals surface area (Å²) in [5, 5.41) is 12.0. The summed E-state index contributed by atoms with van der Waals surface area (Å²) in [5.74, 6) is -0.889. The fourth-order valence-corrected chi connectivity index (χ4v) is 7.50. The first-order valence-corrected chi connectivity index (χ1v) is 13.7. The molecule has 5 heteroatoms. The lowest BCUT2D eigenvalue weighted by Crippen LogP contribution is -2.43.